The molecule has 7 nitrogen and oxygen atoms in total. The molecule has 1 fully saturated rings. The molecule has 0 saturated carbocycles. The van der Waals surface area contributed by atoms with Crippen molar-refractivity contribution in [2.45, 2.75) is 13.5 Å². The number of fused-ring (bicyclic) bond motifs is 1. The summed E-state index contributed by atoms with van der Waals surface area (Å²) in [4.78, 5) is 39.2. The molecule has 1 aliphatic heterocycles. The molecule has 1 N–H and O–H groups in total. The first-order valence-electron chi connectivity index (χ1n) is 11.8. The van der Waals surface area contributed by atoms with Crippen LogP contribution in [0.4, 0.5) is 10.5 Å². The highest BCUT2D eigenvalue weighted by Gasteiger charge is 2.37. The minimum Gasteiger partial charge on any atom is -0.493 e. The van der Waals surface area contributed by atoms with E-state index in [0.29, 0.717) is 28.7 Å². The first kappa shape index (κ1) is 25.0. The number of rotatable bonds is 6. The summed E-state index contributed by atoms with van der Waals surface area (Å²) in [6, 6.07) is 23.2. The van der Waals surface area contributed by atoms with Gasteiger partial charge in [-0.3, -0.25) is 14.9 Å². The summed E-state index contributed by atoms with van der Waals surface area (Å²) < 4.78 is 11.6. The number of benzene rings is 4. The fraction of sp³-hybridized carbons (Fsp3) is 0.100. The molecule has 1 saturated heterocycles. The summed E-state index contributed by atoms with van der Waals surface area (Å²) in [5, 5.41) is 4.84. The lowest BCUT2D eigenvalue weighted by Gasteiger charge is -2.26. The van der Waals surface area contributed by atoms with Crippen molar-refractivity contribution < 1.29 is 23.9 Å². The van der Waals surface area contributed by atoms with Crippen LogP contribution in [-0.2, 0) is 16.2 Å². The van der Waals surface area contributed by atoms with E-state index in [4.69, 9.17) is 21.1 Å². The quantitative estimate of drug-likeness (QED) is 0.244. The van der Waals surface area contributed by atoms with Crippen LogP contribution in [0.15, 0.2) is 84.4 Å². The normalized spacial score (nSPS) is 14.7. The zero-order valence-electron chi connectivity index (χ0n) is 20.7. The number of amides is 4. The van der Waals surface area contributed by atoms with Crippen molar-refractivity contribution >= 4 is 52.0 Å². The number of urea groups is 1. The number of imide groups is 2. The minimum atomic E-state index is -0.841. The summed E-state index contributed by atoms with van der Waals surface area (Å²) in [6.45, 7) is 2.14. The SMILES string of the molecule is COc1cc(/C=C2/C(=O)NC(=O)N(c3ccc(C)c(Cl)c3)C2=O)ccc1OCc1cccc2ccccc12. The lowest BCUT2D eigenvalue weighted by molar-refractivity contribution is -0.122. The van der Waals surface area contributed by atoms with Crippen LogP contribution in [0.3, 0.4) is 0 Å². The van der Waals surface area contributed by atoms with Gasteiger partial charge in [0.15, 0.2) is 11.5 Å². The van der Waals surface area contributed by atoms with E-state index in [1.54, 1.807) is 30.3 Å². The lowest BCUT2D eigenvalue weighted by atomic mass is 10.1. The molecule has 1 aliphatic rings. The number of barbiturate groups is 1. The second kappa shape index (κ2) is 10.4. The van der Waals surface area contributed by atoms with Crippen molar-refractivity contribution in [2.75, 3.05) is 12.0 Å². The van der Waals surface area contributed by atoms with Gasteiger partial charge in [-0.2, -0.15) is 0 Å². The molecule has 0 aliphatic carbocycles. The largest absolute Gasteiger partial charge is 0.493 e. The van der Waals surface area contributed by atoms with E-state index in [1.165, 1.54) is 19.3 Å². The lowest BCUT2D eigenvalue weighted by Crippen LogP contribution is -2.54. The number of carbonyl (C=O) groups is 3. The first-order chi connectivity index (χ1) is 18.4. The Labute approximate surface area is 224 Å². The minimum absolute atomic E-state index is 0.201. The molecule has 38 heavy (non-hydrogen) atoms. The third-order valence-electron chi connectivity index (χ3n) is 6.28. The maximum absolute atomic E-state index is 13.2. The van der Waals surface area contributed by atoms with Gasteiger partial charge in [0, 0.05) is 5.02 Å². The molecule has 0 unspecified atom stereocenters. The second-order valence-corrected chi connectivity index (χ2v) is 9.14. The number of aryl methyl sites for hydroxylation is 1. The van der Waals surface area contributed by atoms with Crippen LogP contribution in [0.1, 0.15) is 16.7 Å². The summed E-state index contributed by atoms with van der Waals surface area (Å²) in [5.74, 6) is -0.603. The van der Waals surface area contributed by atoms with Gasteiger partial charge in [0.2, 0.25) is 0 Å². The summed E-state index contributed by atoms with van der Waals surface area (Å²) in [6.07, 6.45) is 1.41. The van der Waals surface area contributed by atoms with Crippen LogP contribution in [0.25, 0.3) is 16.8 Å². The number of halogens is 1. The molecule has 4 amide bonds. The van der Waals surface area contributed by atoms with E-state index in [0.717, 1.165) is 26.8 Å². The number of nitrogens with one attached hydrogen (secondary N) is 1. The molecular weight excluding hydrogens is 504 g/mol. The molecule has 4 aromatic rings. The van der Waals surface area contributed by atoms with Crippen molar-refractivity contribution in [1.29, 1.82) is 0 Å². The van der Waals surface area contributed by atoms with Crippen LogP contribution >= 0.6 is 11.6 Å². The van der Waals surface area contributed by atoms with E-state index in [9.17, 15) is 14.4 Å². The zero-order chi connectivity index (χ0) is 26.8. The van der Waals surface area contributed by atoms with Crippen LogP contribution in [0, 0.1) is 6.92 Å². The van der Waals surface area contributed by atoms with Gasteiger partial charge in [-0.1, -0.05) is 66.2 Å². The number of hydrogen-bond donors (Lipinski definition) is 1. The highest BCUT2D eigenvalue weighted by atomic mass is 35.5. The summed E-state index contributed by atoms with van der Waals surface area (Å²) >= 11 is 6.19. The Morgan fingerprint density at radius 1 is 0.921 bits per heavy atom. The Morgan fingerprint density at radius 3 is 2.50 bits per heavy atom. The maximum Gasteiger partial charge on any atom is 0.335 e. The van der Waals surface area contributed by atoms with E-state index in [2.05, 4.69) is 5.32 Å². The second-order valence-electron chi connectivity index (χ2n) is 8.73. The van der Waals surface area contributed by atoms with Gasteiger partial charge in [0.25, 0.3) is 11.8 Å². The van der Waals surface area contributed by atoms with Crippen molar-refractivity contribution in [3.05, 3.63) is 106 Å². The smallest absolute Gasteiger partial charge is 0.335 e. The number of anilines is 1. The van der Waals surface area contributed by atoms with Crippen molar-refractivity contribution in [1.82, 2.24) is 5.32 Å². The molecule has 0 atom stereocenters. The fourth-order valence-corrected chi connectivity index (χ4v) is 4.42. The first-order valence-corrected chi connectivity index (χ1v) is 12.2. The molecule has 0 aromatic heterocycles. The highest BCUT2D eigenvalue weighted by molar-refractivity contribution is 6.39. The number of methoxy groups -OCH3 is 1. The topological polar surface area (TPSA) is 84.9 Å². The molecule has 4 aromatic carbocycles. The van der Waals surface area contributed by atoms with Gasteiger partial charge >= 0.3 is 6.03 Å². The standard InChI is InChI=1S/C30H23ClN2O5/c1-18-10-12-22(16-25(18)31)33-29(35)24(28(34)32-30(33)36)14-19-11-13-26(27(15-19)37-2)38-17-21-8-5-7-20-6-3-4-9-23(20)21/h3-16H,17H2,1-2H3,(H,32,34,36)/b24-14-. The van der Waals surface area contributed by atoms with Gasteiger partial charge in [-0.05, 0) is 64.7 Å². The summed E-state index contributed by atoms with van der Waals surface area (Å²) in [5.41, 5.74) is 2.40. The molecular formula is C30H23ClN2O5. The molecule has 1 heterocycles. The van der Waals surface area contributed by atoms with Gasteiger partial charge in [-0.25, -0.2) is 9.69 Å². The Balaban J connectivity index is 1.41. The highest BCUT2D eigenvalue weighted by Crippen LogP contribution is 2.32. The molecule has 8 heteroatoms. The predicted octanol–water partition coefficient (Wildman–Crippen LogP) is 6.06. The molecule has 0 radical (unpaired) electrons. The van der Waals surface area contributed by atoms with Crippen molar-refractivity contribution in [3.63, 3.8) is 0 Å². The zero-order valence-corrected chi connectivity index (χ0v) is 21.4. The van der Waals surface area contributed by atoms with Crippen LogP contribution in [0.5, 0.6) is 11.5 Å². The Hall–Kier alpha value is -4.62. The third-order valence-corrected chi connectivity index (χ3v) is 6.68. The van der Waals surface area contributed by atoms with E-state index >= 15 is 0 Å². The van der Waals surface area contributed by atoms with Crippen molar-refractivity contribution in [2.24, 2.45) is 0 Å². The molecule has 5 rings (SSSR count). The average Bonchev–Trinajstić information content (AvgIpc) is 2.92. The molecule has 0 bridgehead atoms. The van der Waals surface area contributed by atoms with Gasteiger partial charge in [-0.15, -0.1) is 0 Å². The number of carbonyl (C=O) groups excluding carboxylic acids is 3. The molecule has 0 spiro atoms. The van der Waals surface area contributed by atoms with Gasteiger partial charge < -0.3 is 9.47 Å². The van der Waals surface area contributed by atoms with E-state index in [1.807, 2.05) is 49.4 Å². The molecule has 190 valence electrons. The van der Waals surface area contributed by atoms with E-state index < -0.39 is 17.8 Å². The monoisotopic (exact) mass is 526 g/mol. The number of nitrogens with zero attached hydrogens (tertiary/aromatic N) is 1. The summed E-state index contributed by atoms with van der Waals surface area (Å²) in [7, 11) is 1.51. The Kier molecular flexibility index (Phi) is 6.85. The van der Waals surface area contributed by atoms with Gasteiger partial charge in [0.1, 0.15) is 12.2 Å². The average molecular weight is 527 g/mol. The predicted molar refractivity (Wildman–Crippen MR) is 146 cm³/mol. The number of ether oxygens (including phenoxy) is 2. The van der Waals surface area contributed by atoms with Gasteiger partial charge in [0.05, 0.1) is 12.8 Å². The number of hydrogen-bond acceptors (Lipinski definition) is 5. The van der Waals surface area contributed by atoms with Crippen LogP contribution in [-0.4, -0.2) is 25.0 Å². The fourth-order valence-electron chi connectivity index (χ4n) is 4.25. The Morgan fingerprint density at radius 2 is 1.71 bits per heavy atom. The van der Waals surface area contributed by atoms with Crippen molar-refractivity contribution in [3.8, 4) is 11.5 Å². The Bertz CT molecular complexity index is 1620. The van der Waals surface area contributed by atoms with Crippen LogP contribution in [0.2, 0.25) is 5.02 Å². The maximum atomic E-state index is 13.2. The van der Waals surface area contributed by atoms with Crippen LogP contribution < -0.4 is 19.7 Å². The van der Waals surface area contributed by atoms with E-state index in [-0.39, 0.29) is 11.3 Å². The third kappa shape index (κ3) is 4.84.